The predicted octanol–water partition coefficient (Wildman–Crippen LogP) is 3.13. The van der Waals surface area contributed by atoms with Crippen LogP contribution in [-0.2, 0) is 35.7 Å². The number of hydrogen-bond donors (Lipinski definition) is 2. The van der Waals surface area contributed by atoms with Crippen LogP contribution >= 0.6 is 23.2 Å². The molecule has 0 aliphatic carbocycles. The van der Waals surface area contributed by atoms with Crippen LogP contribution < -0.4 is 10.6 Å². The number of nitrogens with zero attached hydrogens (tertiary/aromatic N) is 2. The largest absolute Gasteiger partial charge is 0.357 e. The fraction of sp³-hybridized carbons (Fsp3) is 0.389. The summed E-state index contributed by atoms with van der Waals surface area (Å²) in [5.41, 5.74) is 2.71. The van der Waals surface area contributed by atoms with Crippen molar-refractivity contribution in [3.05, 3.63) is 57.3 Å². The zero-order chi connectivity index (χ0) is 20.0. The van der Waals surface area contributed by atoms with Crippen molar-refractivity contribution in [3.8, 4) is 0 Å². The standard InChI is InChI=1S/C18H24Cl2N4O2S/c1-4-21-18(23-11-15-9-16(19)17(20)24(15)2)22-10-13-5-7-14(8-6-13)12-27(3,25)26/h5-9H,4,10-12H2,1-3H3,(H2,21,22,23). The molecule has 0 bridgehead atoms. The summed E-state index contributed by atoms with van der Waals surface area (Å²) in [6, 6.07) is 9.25. The Balaban J connectivity index is 2.01. The highest BCUT2D eigenvalue weighted by molar-refractivity contribution is 7.89. The Kier molecular flexibility index (Phi) is 7.59. The summed E-state index contributed by atoms with van der Waals surface area (Å²) in [6.07, 6.45) is 1.23. The second-order valence-corrected chi connectivity index (χ2v) is 9.17. The molecule has 0 aliphatic heterocycles. The summed E-state index contributed by atoms with van der Waals surface area (Å²) in [5.74, 6) is 0.717. The zero-order valence-corrected chi connectivity index (χ0v) is 17.9. The molecule has 1 aromatic heterocycles. The van der Waals surface area contributed by atoms with Gasteiger partial charge >= 0.3 is 0 Å². The number of sulfone groups is 1. The maximum Gasteiger partial charge on any atom is 0.191 e. The van der Waals surface area contributed by atoms with Gasteiger partial charge in [-0.25, -0.2) is 13.4 Å². The number of halogens is 2. The molecule has 0 atom stereocenters. The van der Waals surface area contributed by atoms with Crippen LogP contribution in [0, 0.1) is 0 Å². The van der Waals surface area contributed by atoms with Crippen molar-refractivity contribution in [2.45, 2.75) is 25.8 Å². The molecular formula is C18H24Cl2N4O2S. The van der Waals surface area contributed by atoms with Crippen molar-refractivity contribution in [3.63, 3.8) is 0 Å². The van der Waals surface area contributed by atoms with E-state index in [0.29, 0.717) is 29.2 Å². The van der Waals surface area contributed by atoms with Crippen LogP contribution in [-0.4, -0.2) is 31.7 Å². The van der Waals surface area contributed by atoms with E-state index in [4.69, 9.17) is 23.2 Å². The van der Waals surface area contributed by atoms with Gasteiger partial charge in [0.1, 0.15) is 5.15 Å². The molecule has 0 spiro atoms. The first-order valence-electron chi connectivity index (χ1n) is 8.47. The zero-order valence-electron chi connectivity index (χ0n) is 15.6. The molecule has 0 fully saturated rings. The maximum atomic E-state index is 11.4. The van der Waals surface area contributed by atoms with Gasteiger partial charge in [-0.05, 0) is 24.1 Å². The third kappa shape index (κ3) is 6.75. The van der Waals surface area contributed by atoms with E-state index in [1.807, 2.05) is 48.9 Å². The summed E-state index contributed by atoms with van der Waals surface area (Å²) >= 11 is 12.1. The van der Waals surface area contributed by atoms with Gasteiger partial charge < -0.3 is 15.2 Å². The van der Waals surface area contributed by atoms with E-state index < -0.39 is 9.84 Å². The van der Waals surface area contributed by atoms with Crippen molar-refractivity contribution in [2.24, 2.45) is 12.0 Å². The minimum absolute atomic E-state index is 0.0442. The number of guanidine groups is 1. The molecular weight excluding hydrogens is 407 g/mol. The van der Waals surface area contributed by atoms with Crippen LogP contribution in [0.4, 0.5) is 0 Å². The Labute approximate surface area is 170 Å². The topological polar surface area (TPSA) is 75.5 Å². The maximum absolute atomic E-state index is 11.4. The first-order valence-corrected chi connectivity index (χ1v) is 11.3. The molecule has 27 heavy (non-hydrogen) atoms. The van der Waals surface area contributed by atoms with Gasteiger partial charge in [0.15, 0.2) is 15.8 Å². The molecule has 1 heterocycles. The molecule has 2 rings (SSSR count). The van der Waals surface area contributed by atoms with Crippen LogP contribution in [0.1, 0.15) is 23.7 Å². The third-order valence-corrected chi connectivity index (χ3v) is 5.57. The average molecular weight is 431 g/mol. The minimum Gasteiger partial charge on any atom is -0.357 e. The van der Waals surface area contributed by atoms with Crippen LogP contribution in [0.5, 0.6) is 0 Å². The van der Waals surface area contributed by atoms with E-state index in [1.165, 1.54) is 6.26 Å². The van der Waals surface area contributed by atoms with Gasteiger partial charge in [0.25, 0.3) is 0 Å². The minimum atomic E-state index is -3.03. The van der Waals surface area contributed by atoms with Crippen LogP contribution in [0.15, 0.2) is 35.3 Å². The molecule has 2 aromatic rings. The smallest absolute Gasteiger partial charge is 0.191 e. The number of aliphatic imine (C=N–C) groups is 1. The average Bonchev–Trinajstić information content (AvgIpc) is 2.84. The van der Waals surface area contributed by atoms with E-state index in [-0.39, 0.29) is 5.75 Å². The fourth-order valence-corrected chi connectivity index (χ4v) is 3.70. The highest BCUT2D eigenvalue weighted by Crippen LogP contribution is 2.24. The van der Waals surface area contributed by atoms with Crippen LogP contribution in [0.2, 0.25) is 10.2 Å². The number of nitrogens with one attached hydrogen (secondary N) is 2. The van der Waals surface area contributed by atoms with Crippen molar-refractivity contribution < 1.29 is 8.42 Å². The quantitative estimate of drug-likeness (QED) is 0.522. The van der Waals surface area contributed by atoms with Crippen LogP contribution in [0.3, 0.4) is 0 Å². The Morgan fingerprint density at radius 3 is 2.30 bits per heavy atom. The van der Waals surface area contributed by atoms with Gasteiger partial charge in [0, 0.05) is 25.5 Å². The molecule has 0 saturated carbocycles. The lowest BCUT2D eigenvalue weighted by Crippen LogP contribution is -2.37. The lowest BCUT2D eigenvalue weighted by molar-refractivity contribution is 0.601. The number of aromatic nitrogens is 1. The summed E-state index contributed by atoms with van der Waals surface area (Å²) in [6.45, 7) is 3.73. The molecule has 0 amide bonds. The molecule has 0 unspecified atom stereocenters. The molecule has 1 aromatic carbocycles. The normalized spacial score (nSPS) is 12.3. The van der Waals surface area contributed by atoms with E-state index in [2.05, 4.69) is 15.6 Å². The summed E-state index contributed by atoms with van der Waals surface area (Å²) in [7, 11) is -1.18. The summed E-state index contributed by atoms with van der Waals surface area (Å²) in [4.78, 5) is 4.56. The molecule has 0 radical (unpaired) electrons. The molecule has 148 valence electrons. The Morgan fingerprint density at radius 2 is 1.78 bits per heavy atom. The van der Waals surface area contributed by atoms with E-state index >= 15 is 0 Å². The van der Waals surface area contributed by atoms with Crippen LogP contribution in [0.25, 0.3) is 0 Å². The first-order chi connectivity index (χ1) is 12.7. The molecule has 9 heteroatoms. The van der Waals surface area contributed by atoms with Gasteiger partial charge in [-0.3, -0.25) is 0 Å². The molecule has 0 saturated heterocycles. The predicted molar refractivity (Wildman–Crippen MR) is 112 cm³/mol. The van der Waals surface area contributed by atoms with Crippen molar-refractivity contribution >= 4 is 39.0 Å². The lowest BCUT2D eigenvalue weighted by Gasteiger charge is -2.12. The summed E-state index contributed by atoms with van der Waals surface area (Å²) in [5, 5.41) is 7.47. The SMILES string of the molecule is CCNC(=NCc1ccc(CS(C)(=O)=O)cc1)NCc1cc(Cl)c(Cl)n1C. The highest BCUT2D eigenvalue weighted by Gasteiger charge is 2.09. The van der Waals surface area contributed by atoms with E-state index in [1.54, 1.807) is 0 Å². The highest BCUT2D eigenvalue weighted by atomic mass is 35.5. The monoisotopic (exact) mass is 430 g/mol. The number of benzene rings is 1. The summed E-state index contributed by atoms with van der Waals surface area (Å²) < 4.78 is 24.5. The molecule has 0 aliphatic rings. The number of hydrogen-bond acceptors (Lipinski definition) is 3. The van der Waals surface area contributed by atoms with Gasteiger partial charge in [-0.1, -0.05) is 47.5 Å². The second kappa shape index (κ2) is 9.48. The van der Waals surface area contributed by atoms with Gasteiger partial charge in [0.2, 0.25) is 0 Å². The van der Waals surface area contributed by atoms with Crippen molar-refractivity contribution in [1.82, 2.24) is 15.2 Å². The fourth-order valence-electron chi connectivity index (χ4n) is 2.49. The molecule has 2 N–H and O–H groups in total. The van der Waals surface area contributed by atoms with E-state index in [0.717, 1.165) is 23.4 Å². The Hall–Kier alpha value is -1.70. The second-order valence-electron chi connectivity index (χ2n) is 6.27. The Bertz CT molecular complexity index is 906. The third-order valence-electron chi connectivity index (χ3n) is 3.87. The van der Waals surface area contributed by atoms with Crippen molar-refractivity contribution in [2.75, 3.05) is 12.8 Å². The lowest BCUT2D eigenvalue weighted by atomic mass is 10.1. The number of rotatable bonds is 7. The van der Waals surface area contributed by atoms with Gasteiger partial charge in [-0.15, -0.1) is 0 Å². The van der Waals surface area contributed by atoms with Crippen molar-refractivity contribution in [1.29, 1.82) is 0 Å². The van der Waals surface area contributed by atoms with E-state index in [9.17, 15) is 8.42 Å². The van der Waals surface area contributed by atoms with Gasteiger partial charge in [-0.2, -0.15) is 0 Å². The molecule has 6 nitrogen and oxygen atoms in total. The van der Waals surface area contributed by atoms with Gasteiger partial charge in [0.05, 0.1) is 23.9 Å². The first kappa shape index (κ1) is 21.6. The Morgan fingerprint density at radius 1 is 1.15 bits per heavy atom.